The predicted molar refractivity (Wildman–Crippen MR) is 73.3 cm³/mol. The number of carboxylic acid groups (broad SMARTS) is 1. The molecule has 2 rings (SSSR count). The number of ether oxygens (including phenoxy) is 1. The lowest BCUT2D eigenvalue weighted by molar-refractivity contribution is -0.145. The number of carboxylic acids is 1. The Balaban J connectivity index is 2.30. The van der Waals surface area contributed by atoms with Gasteiger partial charge < -0.3 is 9.84 Å². The Morgan fingerprint density at radius 1 is 1.10 bits per heavy atom. The number of aryl methyl sites for hydroxylation is 2. The van der Waals surface area contributed by atoms with Gasteiger partial charge in [0.15, 0.2) is 0 Å². The summed E-state index contributed by atoms with van der Waals surface area (Å²) in [7, 11) is 0. The van der Waals surface area contributed by atoms with Crippen LogP contribution in [-0.2, 0) is 4.79 Å². The molecular formula is C16H15FO3. The lowest BCUT2D eigenvalue weighted by Crippen LogP contribution is -2.18. The van der Waals surface area contributed by atoms with Gasteiger partial charge in [-0.15, -0.1) is 0 Å². The normalized spacial score (nSPS) is 11.9. The van der Waals surface area contributed by atoms with Crippen molar-refractivity contribution in [1.29, 1.82) is 0 Å². The molecule has 0 amide bonds. The third kappa shape index (κ3) is 3.35. The molecule has 1 unspecified atom stereocenters. The molecular weight excluding hydrogens is 259 g/mol. The van der Waals surface area contributed by atoms with Gasteiger partial charge in [-0.05, 0) is 49.2 Å². The van der Waals surface area contributed by atoms with Crippen molar-refractivity contribution < 1.29 is 19.0 Å². The average Bonchev–Trinajstić information content (AvgIpc) is 2.36. The molecule has 0 aliphatic rings. The highest BCUT2D eigenvalue weighted by atomic mass is 19.1. The van der Waals surface area contributed by atoms with Gasteiger partial charge in [0, 0.05) is 5.56 Å². The van der Waals surface area contributed by atoms with E-state index in [9.17, 15) is 14.3 Å². The minimum atomic E-state index is -1.16. The summed E-state index contributed by atoms with van der Waals surface area (Å²) < 4.78 is 18.4. The van der Waals surface area contributed by atoms with Crippen LogP contribution in [0.1, 0.15) is 22.8 Å². The van der Waals surface area contributed by atoms with Crippen LogP contribution in [-0.4, -0.2) is 11.1 Å². The summed E-state index contributed by atoms with van der Waals surface area (Å²) in [4.78, 5) is 11.3. The van der Waals surface area contributed by atoms with E-state index in [1.807, 2.05) is 19.9 Å². The minimum Gasteiger partial charge on any atom is -0.478 e. The maximum Gasteiger partial charge on any atom is 0.349 e. The standard InChI is InChI=1S/C16H15FO3/c1-10-7-11(2)9-14(8-10)20-15(16(18)19)12-3-5-13(17)6-4-12/h3-9,15H,1-2H3,(H,18,19). The first kappa shape index (κ1) is 14.1. The number of rotatable bonds is 4. The zero-order valence-corrected chi connectivity index (χ0v) is 11.3. The van der Waals surface area contributed by atoms with E-state index in [4.69, 9.17) is 4.74 Å². The zero-order valence-electron chi connectivity index (χ0n) is 11.3. The highest BCUT2D eigenvalue weighted by molar-refractivity contribution is 5.74. The number of halogens is 1. The maximum atomic E-state index is 12.9. The quantitative estimate of drug-likeness (QED) is 0.925. The summed E-state index contributed by atoms with van der Waals surface area (Å²) in [5.41, 5.74) is 2.38. The Morgan fingerprint density at radius 2 is 1.65 bits per heavy atom. The number of carbonyl (C=O) groups is 1. The SMILES string of the molecule is Cc1cc(C)cc(OC(C(=O)O)c2ccc(F)cc2)c1. The van der Waals surface area contributed by atoms with Gasteiger partial charge in [-0.2, -0.15) is 0 Å². The molecule has 3 nitrogen and oxygen atoms in total. The smallest absolute Gasteiger partial charge is 0.349 e. The molecule has 0 saturated carbocycles. The fourth-order valence-corrected chi connectivity index (χ4v) is 2.04. The third-order valence-electron chi connectivity index (χ3n) is 2.85. The van der Waals surface area contributed by atoms with Crippen LogP contribution >= 0.6 is 0 Å². The average molecular weight is 274 g/mol. The summed E-state index contributed by atoms with van der Waals surface area (Å²) in [6, 6.07) is 10.8. The van der Waals surface area contributed by atoms with Gasteiger partial charge in [-0.1, -0.05) is 18.2 Å². The van der Waals surface area contributed by atoms with Crippen LogP contribution < -0.4 is 4.74 Å². The van der Waals surface area contributed by atoms with Gasteiger partial charge in [-0.25, -0.2) is 9.18 Å². The summed E-state index contributed by atoms with van der Waals surface area (Å²) in [5.74, 6) is -1.04. The predicted octanol–water partition coefficient (Wildman–Crippen LogP) is 3.65. The second-order valence-corrected chi connectivity index (χ2v) is 4.71. The molecule has 1 atom stereocenters. The minimum absolute atomic E-state index is 0.401. The van der Waals surface area contributed by atoms with E-state index in [-0.39, 0.29) is 0 Å². The fourth-order valence-electron chi connectivity index (χ4n) is 2.04. The molecule has 0 saturated heterocycles. The Kier molecular flexibility index (Phi) is 4.03. The van der Waals surface area contributed by atoms with Crippen LogP contribution in [0.2, 0.25) is 0 Å². The Morgan fingerprint density at radius 3 is 2.15 bits per heavy atom. The first-order valence-corrected chi connectivity index (χ1v) is 6.19. The van der Waals surface area contributed by atoms with E-state index in [1.165, 1.54) is 24.3 Å². The zero-order chi connectivity index (χ0) is 14.7. The Bertz CT molecular complexity index is 600. The van der Waals surface area contributed by atoms with Gasteiger partial charge in [0.1, 0.15) is 11.6 Å². The third-order valence-corrected chi connectivity index (χ3v) is 2.85. The Labute approximate surface area is 116 Å². The first-order chi connectivity index (χ1) is 9.45. The van der Waals surface area contributed by atoms with E-state index in [2.05, 4.69) is 0 Å². The molecule has 0 heterocycles. The van der Waals surface area contributed by atoms with Crippen LogP contribution in [0, 0.1) is 19.7 Å². The van der Waals surface area contributed by atoms with Crippen molar-refractivity contribution in [3.05, 3.63) is 65.0 Å². The number of benzene rings is 2. The molecule has 0 radical (unpaired) electrons. The van der Waals surface area contributed by atoms with E-state index < -0.39 is 17.9 Å². The van der Waals surface area contributed by atoms with Crippen molar-refractivity contribution in [2.75, 3.05) is 0 Å². The molecule has 0 aliphatic heterocycles. The monoisotopic (exact) mass is 274 g/mol. The van der Waals surface area contributed by atoms with Crippen molar-refractivity contribution in [1.82, 2.24) is 0 Å². The second-order valence-electron chi connectivity index (χ2n) is 4.71. The van der Waals surface area contributed by atoms with Crippen LogP contribution in [0.15, 0.2) is 42.5 Å². The molecule has 0 aromatic heterocycles. The van der Waals surface area contributed by atoms with Gasteiger partial charge in [0.05, 0.1) is 0 Å². The van der Waals surface area contributed by atoms with Crippen molar-refractivity contribution in [3.63, 3.8) is 0 Å². The van der Waals surface area contributed by atoms with Crippen LogP contribution in [0.5, 0.6) is 5.75 Å². The molecule has 0 spiro atoms. The summed E-state index contributed by atoms with van der Waals surface area (Å²) in [5, 5.41) is 9.28. The molecule has 0 fully saturated rings. The van der Waals surface area contributed by atoms with Gasteiger partial charge >= 0.3 is 5.97 Å². The van der Waals surface area contributed by atoms with Gasteiger partial charge in [0.2, 0.25) is 6.10 Å². The maximum absolute atomic E-state index is 12.9. The van der Waals surface area contributed by atoms with Gasteiger partial charge in [0.25, 0.3) is 0 Å². The van der Waals surface area contributed by atoms with Crippen LogP contribution in [0.3, 0.4) is 0 Å². The molecule has 0 aliphatic carbocycles. The van der Waals surface area contributed by atoms with Crippen molar-refractivity contribution in [2.24, 2.45) is 0 Å². The van der Waals surface area contributed by atoms with E-state index in [1.54, 1.807) is 12.1 Å². The highest BCUT2D eigenvalue weighted by Crippen LogP contribution is 2.24. The van der Waals surface area contributed by atoms with Crippen LogP contribution in [0.25, 0.3) is 0 Å². The molecule has 1 N–H and O–H groups in total. The lowest BCUT2D eigenvalue weighted by atomic mass is 10.1. The fraction of sp³-hybridized carbons (Fsp3) is 0.188. The topological polar surface area (TPSA) is 46.5 Å². The first-order valence-electron chi connectivity index (χ1n) is 6.19. The number of hydrogen-bond donors (Lipinski definition) is 1. The molecule has 2 aromatic rings. The summed E-state index contributed by atoms with van der Waals surface area (Å²) in [6.07, 6.45) is -1.16. The van der Waals surface area contributed by atoms with Crippen molar-refractivity contribution in [2.45, 2.75) is 20.0 Å². The molecule has 0 bridgehead atoms. The van der Waals surface area contributed by atoms with Gasteiger partial charge in [-0.3, -0.25) is 0 Å². The van der Waals surface area contributed by atoms with Crippen molar-refractivity contribution >= 4 is 5.97 Å². The molecule has 2 aromatic carbocycles. The van der Waals surface area contributed by atoms with Crippen LogP contribution in [0.4, 0.5) is 4.39 Å². The molecule has 4 heteroatoms. The van der Waals surface area contributed by atoms with E-state index in [0.717, 1.165) is 11.1 Å². The molecule has 104 valence electrons. The molecule has 20 heavy (non-hydrogen) atoms. The van der Waals surface area contributed by atoms with E-state index in [0.29, 0.717) is 11.3 Å². The second kappa shape index (κ2) is 5.74. The summed E-state index contributed by atoms with van der Waals surface area (Å²) >= 11 is 0. The largest absolute Gasteiger partial charge is 0.478 e. The summed E-state index contributed by atoms with van der Waals surface area (Å²) in [6.45, 7) is 3.82. The number of aliphatic carboxylic acids is 1. The lowest BCUT2D eigenvalue weighted by Gasteiger charge is -2.16. The Hall–Kier alpha value is -2.36. The van der Waals surface area contributed by atoms with Crippen molar-refractivity contribution in [3.8, 4) is 5.75 Å². The number of hydrogen-bond acceptors (Lipinski definition) is 2. The van der Waals surface area contributed by atoms with E-state index >= 15 is 0 Å². The highest BCUT2D eigenvalue weighted by Gasteiger charge is 2.22.